The second kappa shape index (κ2) is 4.67. The Bertz CT molecular complexity index is 344. The third kappa shape index (κ3) is 2.20. The zero-order chi connectivity index (χ0) is 9.80. The van der Waals surface area contributed by atoms with Gasteiger partial charge < -0.3 is 5.32 Å². The predicted molar refractivity (Wildman–Crippen MR) is 64.7 cm³/mol. The first-order valence-electron chi connectivity index (χ1n) is 5.00. The molecule has 0 spiro atoms. The number of nitrogens with one attached hydrogen (secondary N) is 1. The van der Waals surface area contributed by atoms with Crippen LogP contribution in [0.5, 0.6) is 0 Å². The highest BCUT2D eigenvalue weighted by molar-refractivity contribution is 7.80. The molecule has 2 rings (SSSR count). The van der Waals surface area contributed by atoms with Crippen LogP contribution in [0.4, 0.5) is 0 Å². The third-order valence-electron chi connectivity index (χ3n) is 2.53. The molecular weight excluding hydrogens is 190 g/mol. The molecule has 1 aliphatic rings. The molecule has 0 amide bonds. The fraction of sp³-hybridized carbons (Fsp3) is 0.333. The standard InChI is InChI=1S/C12H15NS/c14-7-1-2-10-3-4-11-5-6-13-9-12(11)8-10/h1-4,8,13-14H,5-7,9H2. The number of hydrogen-bond donors (Lipinski definition) is 2. The topological polar surface area (TPSA) is 12.0 Å². The van der Waals surface area contributed by atoms with Crippen LogP contribution >= 0.6 is 12.6 Å². The Hall–Kier alpha value is -0.730. The van der Waals surface area contributed by atoms with Crippen LogP contribution in [-0.2, 0) is 13.0 Å². The highest BCUT2D eigenvalue weighted by Gasteiger charge is 2.07. The Labute approximate surface area is 90.6 Å². The van der Waals surface area contributed by atoms with Gasteiger partial charge in [-0.15, -0.1) is 0 Å². The largest absolute Gasteiger partial charge is 0.312 e. The van der Waals surface area contributed by atoms with Gasteiger partial charge in [0.1, 0.15) is 0 Å². The lowest BCUT2D eigenvalue weighted by molar-refractivity contribution is 0.643. The van der Waals surface area contributed by atoms with Crippen LogP contribution in [0.3, 0.4) is 0 Å². The average Bonchev–Trinajstić information content (AvgIpc) is 2.26. The van der Waals surface area contributed by atoms with Crippen LogP contribution < -0.4 is 5.32 Å². The van der Waals surface area contributed by atoms with Crippen molar-refractivity contribution in [2.75, 3.05) is 12.3 Å². The SMILES string of the molecule is SCC=Cc1ccc2c(c1)CNCC2. The number of rotatable bonds is 2. The molecule has 0 atom stereocenters. The second-order valence-corrected chi connectivity index (χ2v) is 3.91. The van der Waals surface area contributed by atoms with E-state index < -0.39 is 0 Å². The Morgan fingerprint density at radius 1 is 1.36 bits per heavy atom. The Kier molecular flexibility index (Phi) is 3.27. The summed E-state index contributed by atoms with van der Waals surface area (Å²) in [6, 6.07) is 6.69. The molecule has 1 aromatic carbocycles. The van der Waals surface area contributed by atoms with Crippen molar-refractivity contribution in [1.29, 1.82) is 0 Å². The lowest BCUT2D eigenvalue weighted by Gasteiger charge is -2.17. The van der Waals surface area contributed by atoms with Crippen molar-refractivity contribution in [3.8, 4) is 0 Å². The maximum Gasteiger partial charge on any atom is 0.0208 e. The molecule has 0 saturated heterocycles. The van der Waals surface area contributed by atoms with E-state index in [4.69, 9.17) is 0 Å². The first-order valence-corrected chi connectivity index (χ1v) is 5.63. The van der Waals surface area contributed by atoms with E-state index in [0.29, 0.717) is 0 Å². The Balaban J connectivity index is 2.24. The summed E-state index contributed by atoms with van der Waals surface area (Å²) in [6.45, 7) is 2.12. The molecule has 1 aromatic rings. The van der Waals surface area contributed by atoms with E-state index in [-0.39, 0.29) is 0 Å². The first kappa shape index (κ1) is 9.81. The summed E-state index contributed by atoms with van der Waals surface area (Å²) in [5, 5.41) is 3.39. The van der Waals surface area contributed by atoms with Crippen molar-refractivity contribution >= 4 is 18.7 Å². The zero-order valence-corrected chi connectivity index (χ0v) is 9.06. The van der Waals surface area contributed by atoms with Crippen LogP contribution in [-0.4, -0.2) is 12.3 Å². The minimum atomic E-state index is 0.801. The van der Waals surface area contributed by atoms with Crippen molar-refractivity contribution in [2.24, 2.45) is 0 Å². The van der Waals surface area contributed by atoms with Crippen molar-refractivity contribution in [3.05, 3.63) is 41.0 Å². The van der Waals surface area contributed by atoms with E-state index in [1.54, 1.807) is 0 Å². The third-order valence-corrected chi connectivity index (χ3v) is 2.74. The molecule has 0 aliphatic carbocycles. The van der Waals surface area contributed by atoms with Gasteiger partial charge >= 0.3 is 0 Å². The van der Waals surface area contributed by atoms with Gasteiger partial charge in [0.25, 0.3) is 0 Å². The molecule has 0 saturated carbocycles. The molecule has 0 radical (unpaired) electrons. The summed E-state index contributed by atoms with van der Waals surface area (Å²) in [7, 11) is 0. The summed E-state index contributed by atoms with van der Waals surface area (Å²) in [4.78, 5) is 0. The van der Waals surface area contributed by atoms with E-state index in [0.717, 1.165) is 25.3 Å². The van der Waals surface area contributed by atoms with Crippen molar-refractivity contribution in [1.82, 2.24) is 5.32 Å². The molecule has 0 bridgehead atoms. The molecule has 1 aliphatic heterocycles. The predicted octanol–water partition coefficient (Wildman–Crippen LogP) is 2.28. The Morgan fingerprint density at radius 2 is 2.29 bits per heavy atom. The molecule has 74 valence electrons. The van der Waals surface area contributed by atoms with Gasteiger partial charge in [0.2, 0.25) is 0 Å². The zero-order valence-electron chi connectivity index (χ0n) is 8.16. The van der Waals surface area contributed by atoms with Gasteiger partial charge in [-0.05, 0) is 29.7 Å². The molecule has 1 nitrogen and oxygen atoms in total. The van der Waals surface area contributed by atoms with Gasteiger partial charge in [-0.3, -0.25) is 0 Å². The van der Waals surface area contributed by atoms with Crippen LogP contribution in [0.2, 0.25) is 0 Å². The number of thiol groups is 1. The van der Waals surface area contributed by atoms with Crippen LogP contribution in [0.15, 0.2) is 24.3 Å². The first-order chi connectivity index (χ1) is 6.90. The molecular formula is C12H15NS. The molecule has 0 fully saturated rings. The summed E-state index contributed by atoms with van der Waals surface area (Å²) in [6.07, 6.45) is 5.36. The molecule has 1 N–H and O–H groups in total. The molecule has 0 unspecified atom stereocenters. The van der Waals surface area contributed by atoms with E-state index in [9.17, 15) is 0 Å². The van der Waals surface area contributed by atoms with Crippen molar-refractivity contribution in [3.63, 3.8) is 0 Å². The fourth-order valence-corrected chi connectivity index (χ4v) is 1.90. The monoisotopic (exact) mass is 205 g/mol. The van der Waals surface area contributed by atoms with E-state index in [2.05, 4.69) is 48.3 Å². The summed E-state index contributed by atoms with van der Waals surface area (Å²) in [5.41, 5.74) is 4.21. The maximum atomic E-state index is 4.15. The van der Waals surface area contributed by atoms with Crippen molar-refractivity contribution < 1.29 is 0 Å². The normalized spacial score (nSPS) is 15.8. The molecule has 1 heterocycles. The van der Waals surface area contributed by atoms with E-state index in [1.165, 1.54) is 16.7 Å². The van der Waals surface area contributed by atoms with E-state index in [1.807, 2.05) is 0 Å². The summed E-state index contributed by atoms with van der Waals surface area (Å²) < 4.78 is 0. The second-order valence-electron chi connectivity index (χ2n) is 3.54. The van der Waals surface area contributed by atoms with Gasteiger partial charge in [0.15, 0.2) is 0 Å². The maximum absolute atomic E-state index is 4.15. The average molecular weight is 205 g/mol. The van der Waals surface area contributed by atoms with Gasteiger partial charge in [0, 0.05) is 12.3 Å². The highest BCUT2D eigenvalue weighted by Crippen LogP contribution is 2.16. The smallest absolute Gasteiger partial charge is 0.0208 e. The minimum Gasteiger partial charge on any atom is -0.312 e. The summed E-state index contributed by atoms with van der Waals surface area (Å²) >= 11 is 4.15. The van der Waals surface area contributed by atoms with Crippen molar-refractivity contribution in [2.45, 2.75) is 13.0 Å². The molecule has 14 heavy (non-hydrogen) atoms. The van der Waals surface area contributed by atoms with Gasteiger partial charge in [0.05, 0.1) is 0 Å². The van der Waals surface area contributed by atoms with Gasteiger partial charge in [-0.1, -0.05) is 30.4 Å². The number of fused-ring (bicyclic) bond motifs is 1. The van der Waals surface area contributed by atoms with Gasteiger partial charge in [-0.25, -0.2) is 0 Å². The number of hydrogen-bond acceptors (Lipinski definition) is 2. The minimum absolute atomic E-state index is 0.801. The van der Waals surface area contributed by atoms with Crippen LogP contribution in [0.1, 0.15) is 16.7 Å². The molecule has 0 aromatic heterocycles. The van der Waals surface area contributed by atoms with Crippen LogP contribution in [0, 0.1) is 0 Å². The van der Waals surface area contributed by atoms with E-state index >= 15 is 0 Å². The lowest BCUT2D eigenvalue weighted by Crippen LogP contribution is -2.23. The molecule has 2 heteroatoms. The summed E-state index contributed by atoms with van der Waals surface area (Å²) in [5.74, 6) is 0.801. The Morgan fingerprint density at radius 3 is 3.14 bits per heavy atom. The van der Waals surface area contributed by atoms with Gasteiger partial charge in [-0.2, -0.15) is 12.6 Å². The highest BCUT2D eigenvalue weighted by atomic mass is 32.1. The quantitative estimate of drug-likeness (QED) is 0.706. The fourth-order valence-electron chi connectivity index (χ4n) is 1.79. The lowest BCUT2D eigenvalue weighted by atomic mass is 9.98. The number of benzene rings is 1. The van der Waals surface area contributed by atoms with Crippen LogP contribution in [0.25, 0.3) is 6.08 Å².